The predicted octanol–water partition coefficient (Wildman–Crippen LogP) is 2.92. The van der Waals surface area contributed by atoms with Gasteiger partial charge in [0.2, 0.25) is 0 Å². The molecule has 0 spiro atoms. The number of hydrogen-bond donors (Lipinski definition) is 2. The second-order valence-electron chi connectivity index (χ2n) is 4.06. The monoisotopic (exact) mass is 267 g/mol. The van der Waals surface area contributed by atoms with Crippen molar-refractivity contribution in [1.29, 1.82) is 0 Å². The van der Waals surface area contributed by atoms with E-state index in [-0.39, 0.29) is 10.8 Å². The predicted molar refractivity (Wildman–Crippen MR) is 70.0 cm³/mol. The Balaban J connectivity index is 1.67. The third kappa shape index (κ3) is 3.82. The van der Waals surface area contributed by atoms with Crippen LogP contribution in [0.4, 0.5) is 4.39 Å². The number of H-pyrrole nitrogens is 1. The number of imidazole rings is 1. The smallest absolute Gasteiger partial charge is 0.141 e. The van der Waals surface area contributed by atoms with Gasteiger partial charge in [-0.05, 0) is 30.7 Å². The summed E-state index contributed by atoms with van der Waals surface area (Å²) in [7, 11) is 0. The first-order chi connectivity index (χ1) is 8.75. The van der Waals surface area contributed by atoms with E-state index in [1.54, 1.807) is 18.3 Å². The van der Waals surface area contributed by atoms with Crippen molar-refractivity contribution in [2.24, 2.45) is 0 Å². The van der Waals surface area contributed by atoms with Gasteiger partial charge in [-0.15, -0.1) is 0 Å². The molecule has 0 saturated heterocycles. The Kier molecular flexibility index (Phi) is 4.73. The Morgan fingerprint density at radius 1 is 1.39 bits per heavy atom. The molecule has 0 fully saturated rings. The minimum Gasteiger partial charge on any atom is -0.349 e. The van der Waals surface area contributed by atoms with Crippen LogP contribution in [0.15, 0.2) is 30.6 Å². The van der Waals surface area contributed by atoms with E-state index < -0.39 is 0 Å². The van der Waals surface area contributed by atoms with Crippen molar-refractivity contribution in [1.82, 2.24) is 15.3 Å². The topological polar surface area (TPSA) is 40.7 Å². The molecule has 2 rings (SSSR count). The molecule has 0 atom stereocenters. The molecule has 0 bridgehead atoms. The van der Waals surface area contributed by atoms with Crippen molar-refractivity contribution in [3.8, 4) is 0 Å². The largest absolute Gasteiger partial charge is 0.349 e. The van der Waals surface area contributed by atoms with Crippen LogP contribution in [0.5, 0.6) is 0 Å². The summed E-state index contributed by atoms with van der Waals surface area (Å²) < 4.78 is 12.9. The fourth-order valence-electron chi connectivity index (χ4n) is 1.70. The van der Waals surface area contributed by atoms with Crippen molar-refractivity contribution in [2.45, 2.75) is 19.4 Å². The van der Waals surface area contributed by atoms with Gasteiger partial charge in [-0.2, -0.15) is 0 Å². The molecule has 0 aliphatic carbocycles. The summed E-state index contributed by atoms with van der Waals surface area (Å²) in [5, 5.41) is 3.46. The molecule has 1 aromatic carbocycles. The molecular formula is C13H15ClFN3. The van der Waals surface area contributed by atoms with Crippen molar-refractivity contribution >= 4 is 11.6 Å². The molecule has 0 unspecified atom stereocenters. The van der Waals surface area contributed by atoms with E-state index in [4.69, 9.17) is 11.6 Å². The Morgan fingerprint density at radius 2 is 2.28 bits per heavy atom. The van der Waals surface area contributed by atoms with Crippen LogP contribution in [0, 0.1) is 5.82 Å². The van der Waals surface area contributed by atoms with Gasteiger partial charge in [0.1, 0.15) is 11.6 Å². The number of hydrogen-bond acceptors (Lipinski definition) is 2. The third-order valence-corrected chi connectivity index (χ3v) is 2.92. The highest BCUT2D eigenvalue weighted by Gasteiger charge is 2.00. The van der Waals surface area contributed by atoms with E-state index in [0.29, 0.717) is 6.54 Å². The van der Waals surface area contributed by atoms with Crippen molar-refractivity contribution in [3.05, 3.63) is 52.8 Å². The second kappa shape index (κ2) is 6.52. The van der Waals surface area contributed by atoms with Crippen LogP contribution >= 0.6 is 11.6 Å². The summed E-state index contributed by atoms with van der Waals surface area (Å²) in [5.41, 5.74) is 0.986. The number of nitrogens with one attached hydrogen (secondary N) is 2. The third-order valence-electron chi connectivity index (χ3n) is 2.64. The zero-order valence-corrected chi connectivity index (χ0v) is 10.7. The maximum absolute atomic E-state index is 12.9. The molecule has 3 nitrogen and oxygen atoms in total. The first kappa shape index (κ1) is 13.1. The van der Waals surface area contributed by atoms with Gasteiger partial charge in [0.05, 0.1) is 5.02 Å². The summed E-state index contributed by atoms with van der Waals surface area (Å²) in [5.74, 6) is 0.625. The number of rotatable bonds is 6. The Labute approximate surface area is 110 Å². The maximum Gasteiger partial charge on any atom is 0.141 e. The Bertz CT molecular complexity index is 485. The van der Waals surface area contributed by atoms with E-state index in [9.17, 15) is 4.39 Å². The zero-order chi connectivity index (χ0) is 12.8. The molecule has 1 aromatic heterocycles. The number of benzene rings is 1. The average Bonchev–Trinajstić information content (AvgIpc) is 2.86. The van der Waals surface area contributed by atoms with Crippen LogP contribution in [0.1, 0.15) is 17.8 Å². The summed E-state index contributed by atoms with van der Waals surface area (Å²) in [6.45, 7) is 1.58. The number of aromatic amines is 1. The lowest BCUT2D eigenvalue weighted by molar-refractivity contribution is 0.621. The van der Waals surface area contributed by atoms with Crippen molar-refractivity contribution in [2.75, 3.05) is 6.54 Å². The number of nitrogens with zero attached hydrogens (tertiary/aromatic N) is 1. The molecule has 0 aliphatic rings. The second-order valence-corrected chi connectivity index (χ2v) is 4.47. The first-order valence-electron chi connectivity index (χ1n) is 5.88. The molecule has 96 valence electrons. The summed E-state index contributed by atoms with van der Waals surface area (Å²) in [4.78, 5) is 7.21. The van der Waals surface area contributed by atoms with Crippen molar-refractivity contribution < 1.29 is 4.39 Å². The molecule has 0 amide bonds. The van der Waals surface area contributed by atoms with Gasteiger partial charge in [-0.1, -0.05) is 17.7 Å². The first-order valence-corrected chi connectivity index (χ1v) is 6.26. The quantitative estimate of drug-likeness (QED) is 0.790. The highest BCUT2D eigenvalue weighted by molar-refractivity contribution is 6.30. The van der Waals surface area contributed by atoms with Gasteiger partial charge in [0.25, 0.3) is 0 Å². The summed E-state index contributed by atoms with van der Waals surface area (Å²) in [6, 6.07) is 4.78. The van der Waals surface area contributed by atoms with Crippen LogP contribution in [-0.2, 0) is 13.0 Å². The lowest BCUT2D eigenvalue weighted by atomic mass is 10.2. The molecule has 2 aromatic rings. The van der Waals surface area contributed by atoms with Gasteiger partial charge in [0.15, 0.2) is 0 Å². The molecule has 18 heavy (non-hydrogen) atoms. The van der Waals surface area contributed by atoms with Crippen LogP contribution in [-0.4, -0.2) is 16.5 Å². The Hall–Kier alpha value is -1.39. The fraction of sp³-hybridized carbons (Fsp3) is 0.308. The molecule has 0 radical (unpaired) electrons. The van der Waals surface area contributed by atoms with E-state index >= 15 is 0 Å². The van der Waals surface area contributed by atoms with Crippen LogP contribution in [0.2, 0.25) is 5.02 Å². The van der Waals surface area contributed by atoms with Gasteiger partial charge < -0.3 is 10.3 Å². The van der Waals surface area contributed by atoms with Crippen LogP contribution in [0.3, 0.4) is 0 Å². The molecule has 5 heteroatoms. The number of aryl methyl sites for hydroxylation is 1. The van der Waals surface area contributed by atoms with Gasteiger partial charge in [-0.3, -0.25) is 0 Å². The lowest BCUT2D eigenvalue weighted by Gasteiger charge is -2.05. The average molecular weight is 268 g/mol. The standard InChI is InChI=1S/C13H15ClFN3/c14-11-8-10(3-4-12(11)15)9-16-5-1-2-13-17-6-7-18-13/h3-4,6-8,16H,1-2,5,9H2,(H,17,18). The number of aromatic nitrogens is 2. The zero-order valence-electron chi connectivity index (χ0n) is 9.92. The fourth-order valence-corrected chi connectivity index (χ4v) is 1.90. The van der Waals surface area contributed by atoms with Crippen LogP contribution < -0.4 is 5.32 Å². The van der Waals surface area contributed by atoms with E-state index in [2.05, 4.69) is 15.3 Å². The minimum atomic E-state index is -0.377. The summed E-state index contributed by atoms with van der Waals surface area (Å²) in [6.07, 6.45) is 5.50. The molecule has 1 heterocycles. The Morgan fingerprint density at radius 3 is 3.00 bits per heavy atom. The molecule has 0 saturated carbocycles. The molecular weight excluding hydrogens is 253 g/mol. The van der Waals surface area contributed by atoms with Gasteiger partial charge in [0, 0.05) is 25.4 Å². The summed E-state index contributed by atoms with van der Waals surface area (Å²) >= 11 is 5.71. The minimum absolute atomic E-state index is 0.171. The highest BCUT2D eigenvalue weighted by Crippen LogP contribution is 2.15. The molecule has 2 N–H and O–H groups in total. The molecule has 0 aliphatic heterocycles. The van der Waals surface area contributed by atoms with E-state index in [0.717, 1.165) is 30.8 Å². The van der Waals surface area contributed by atoms with Crippen molar-refractivity contribution in [3.63, 3.8) is 0 Å². The van der Waals surface area contributed by atoms with E-state index in [1.807, 2.05) is 6.20 Å². The van der Waals surface area contributed by atoms with Gasteiger partial charge in [-0.25, -0.2) is 9.37 Å². The van der Waals surface area contributed by atoms with Gasteiger partial charge >= 0.3 is 0 Å². The lowest BCUT2D eigenvalue weighted by Crippen LogP contribution is -2.15. The normalized spacial score (nSPS) is 10.8. The van der Waals surface area contributed by atoms with E-state index in [1.165, 1.54) is 6.07 Å². The number of halogens is 2. The highest BCUT2D eigenvalue weighted by atomic mass is 35.5. The van der Waals surface area contributed by atoms with Crippen LogP contribution in [0.25, 0.3) is 0 Å². The SMILES string of the molecule is Fc1ccc(CNCCCc2ncc[nH]2)cc1Cl. The maximum atomic E-state index is 12.9.